The molecule has 0 aliphatic heterocycles. The summed E-state index contributed by atoms with van der Waals surface area (Å²) in [6.45, 7) is 1.24. The van der Waals surface area contributed by atoms with Gasteiger partial charge in [-0.25, -0.2) is 8.42 Å². The standard InChI is InChI=1S/C30H34ClN3O5S/c1-22(30(36)32-25-11-6-7-12-25)33(20-23-9-8-10-24(31)19-23)29(35)21-34(26-15-17-27(39-2)18-16-26)40(37,38)28-13-4-3-5-14-28/h3-5,8-10,13-19,22,25H,6-7,11-12,20-21H2,1-2H3,(H,32,36)/t22-/m0/s1. The molecular weight excluding hydrogens is 550 g/mol. The number of hydrogen-bond acceptors (Lipinski definition) is 5. The number of methoxy groups -OCH3 is 1. The maximum atomic E-state index is 14.0. The van der Waals surface area contributed by atoms with Gasteiger partial charge in [0.25, 0.3) is 10.0 Å². The zero-order valence-electron chi connectivity index (χ0n) is 22.6. The Bertz CT molecular complexity index is 1410. The molecule has 3 aromatic carbocycles. The number of ether oxygens (including phenoxy) is 1. The van der Waals surface area contributed by atoms with E-state index in [4.69, 9.17) is 16.3 Å². The summed E-state index contributed by atoms with van der Waals surface area (Å²) in [4.78, 5) is 28.7. The van der Waals surface area contributed by atoms with Crippen molar-refractivity contribution in [1.82, 2.24) is 10.2 Å². The quantitative estimate of drug-likeness (QED) is 0.342. The van der Waals surface area contributed by atoms with Crippen molar-refractivity contribution in [3.63, 3.8) is 0 Å². The number of carbonyl (C=O) groups excluding carboxylic acids is 2. The van der Waals surface area contributed by atoms with E-state index < -0.39 is 28.5 Å². The smallest absolute Gasteiger partial charge is 0.264 e. The van der Waals surface area contributed by atoms with Crippen molar-refractivity contribution < 1.29 is 22.7 Å². The second kappa shape index (κ2) is 13.2. The SMILES string of the molecule is COc1ccc(N(CC(=O)N(Cc2cccc(Cl)c2)[C@@H](C)C(=O)NC2CCCC2)S(=O)(=O)c2ccccc2)cc1. The highest BCUT2D eigenvalue weighted by Crippen LogP contribution is 2.27. The van der Waals surface area contributed by atoms with E-state index in [1.807, 2.05) is 6.07 Å². The Kier molecular flexibility index (Phi) is 9.71. The zero-order valence-corrected chi connectivity index (χ0v) is 24.2. The molecule has 40 heavy (non-hydrogen) atoms. The van der Waals surface area contributed by atoms with Gasteiger partial charge in [0.05, 0.1) is 17.7 Å². The summed E-state index contributed by atoms with van der Waals surface area (Å²) in [5, 5.41) is 3.56. The second-order valence-electron chi connectivity index (χ2n) is 9.84. The first-order valence-corrected chi connectivity index (χ1v) is 15.1. The fraction of sp³-hybridized carbons (Fsp3) is 0.333. The predicted molar refractivity (Wildman–Crippen MR) is 156 cm³/mol. The van der Waals surface area contributed by atoms with Gasteiger partial charge in [-0.2, -0.15) is 0 Å². The third-order valence-electron chi connectivity index (χ3n) is 7.08. The summed E-state index contributed by atoms with van der Waals surface area (Å²) in [6.07, 6.45) is 3.92. The molecule has 8 nitrogen and oxygen atoms in total. The molecule has 1 aliphatic rings. The summed E-state index contributed by atoms with van der Waals surface area (Å²) >= 11 is 6.20. The van der Waals surface area contributed by atoms with Crippen molar-refractivity contribution in [2.45, 2.75) is 56.1 Å². The molecule has 1 atom stereocenters. The first kappa shape index (κ1) is 29.4. The van der Waals surface area contributed by atoms with E-state index in [2.05, 4.69) is 5.32 Å². The largest absolute Gasteiger partial charge is 0.497 e. The topological polar surface area (TPSA) is 96.0 Å². The highest BCUT2D eigenvalue weighted by Gasteiger charge is 2.33. The molecule has 212 valence electrons. The van der Waals surface area contributed by atoms with Crippen molar-refractivity contribution in [2.24, 2.45) is 0 Å². The molecule has 0 heterocycles. The van der Waals surface area contributed by atoms with Crippen LogP contribution in [0.15, 0.2) is 83.8 Å². The van der Waals surface area contributed by atoms with Crippen LogP contribution >= 0.6 is 11.6 Å². The van der Waals surface area contributed by atoms with E-state index in [0.717, 1.165) is 35.6 Å². The van der Waals surface area contributed by atoms with Gasteiger partial charge in [0, 0.05) is 17.6 Å². The Hall–Kier alpha value is -3.56. The van der Waals surface area contributed by atoms with Crippen LogP contribution in [0.2, 0.25) is 5.02 Å². The van der Waals surface area contributed by atoms with Crippen molar-refractivity contribution in [2.75, 3.05) is 18.0 Å². The van der Waals surface area contributed by atoms with Crippen LogP contribution in [0.1, 0.15) is 38.2 Å². The molecule has 1 fully saturated rings. The van der Waals surface area contributed by atoms with Crippen LogP contribution in [0.3, 0.4) is 0 Å². The van der Waals surface area contributed by atoms with Gasteiger partial charge >= 0.3 is 0 Å². The lowest BCUT2D eigenvalue weighted by Gasteiger charge is -2.32. The molecule has 0 bridgehead atoms. The van der Waals surface area contributed by atoms with Crippen LogP contribution in [-0.2, 0) is 26.2 Å². The molecule has 0 spiro atoms. The fourth-order valence-electron chi connectivity index (χ4n) is 4.80. The van der Waals surface area contributed by atoms with E-state index in [1.165, 1.54) is 24.1 Å². The minimum Gasteiger partial charge on any atom is -0.497 e. The number of halogens is 1. The third kappa shape index (κ3) is 7.14. The van der Waals surface area contributed by atoms with Gasteiger partial charge in [0.15, 0.2) is 0 Å². The number of hydrogen-bond donors (Lipinski definition) is 1. The number of benzene rings is 3. The molecule has 1 aliphatic carbocycles. The van der Waals surface area contributed by atoms with Gasteiger partial charge in [-0.3, -0.25) is 13.9 Å². The summed E-state index contributed by atoms with van der Waals surface area (Å²) in [5.41, 5.74) is 1.02. The molecular formula is C30H34ClN3O5S. The maximum Gasteiger partial charge on any atom is 0.264 e. The van der Waals surface area contributed by atoms with Crippen molar-refractivity contribution in [3.8, 4) is 5.75 Å². The van der Waals surface area contributed by atoms with Gasteiger partial charge in [-0.05, 0) is 73.9 Å². The lowest BCUT2D eigenvalue weighted by Crippen LogP contribution is -2.52. The average Bonchev–Trinajstić information content (AvgIpc) is 3.47. The molecule has 0 saturated heterocycles. The fourth-order valence-corrected chi connectivity index (χ4v) is 6.45. The van der Waals surface area contributed by atoms with Crippen LogP contribution in [0.4, 0.5) is 5.69 Å². The number of sulfonamides is 1. The number of rotatable bonds is 11. The number of amides is 2. The van der Waals surface area contributed by atoms with Crippen LogP contribution in [0.5, 0.6) is 5.75 Å². The number of nitrogens with one attached hydrogen (secondary N) is 1. The Labute approximate surface area is 240 Å². The van der Waals surface area contributed by atoms with E-state index in [9.17, 15) is 18.0 Å². The third-order valence-corrected chi connectivity index (χ3v) is 9.10. The first-order chi connectivity index (χ1) is 19.2. The maximum absolute atomic E-state index is 14.0. The summed E-state index contributed by atoms with van der Waals surface area (Å²) in [5.74, 6) is -0.250. The Morgan fingerprint density at radius 3 is 2.30 bits per heavy atom. The monoisotopic (exact) mass is 583 g/mol. The molecule has 0 radical (unpaired) electrons. The Morgan fingerprint density at radius 2 is 1.68 bits per heavy atom. The summed E-state index contributed by atoms with van der Waals surface area (Å²) < 4.78 is 33.9. The molecule has 3 aromatic rings. The van der Waals surface area contributed by atoms with Crippen LogP contribution in [-0.4, -0.2) is 50.9 Å². The van der Waals surface area contributed by atoms with Crippen molar-refractivity contribution in [1.29, 1.82) is 0 Å². The molecule has 0 unspecified atom stereocenters. The van der Waals surface area contributed by atoms with E-state index in [1.54, 1.807) is 67.6 Å². The Morgan fingerprint density at radius 1 is 1.00 bits per heavy atom. The summed E-state index contributed by atoms with van der Waals surface area (Å²) in [6, 6.07) is 20.7. The van der Waals surface area contributed by atoms with E-state index in [0.29, 0.717) is 16.5 Å². The summed E-state index contributed by atoms with van der Waals surface area (Å²) in [7, 11) is -2.61. The average molecular weight is 584 g/mol. The van der Waals surface area contributed by atoms with Crippen molar-refractivity contribution in [3.05, 3.63) is 89.4 Å². The van der Waals surface area contributed by atoms with Crippen LogP contribution < -0.4 is 14.4 Å². The first-order valence-electron chi connectivity index (χ1n) is 13.2. The van der Waals surface area contributed by atoms with Crippen molar-refractivity contribution >= 4 is 39.1 Å². The highest BCUT2D eigenvalue weighted by atomic mass is 35.5. The van der Waals surface area contributed by atoms with E-state index in [-0.39, 0.29) is 23.4 Å². The molecule has 2 amide bonds. The molecule has 1 N–H and O–H groups in total. The minimum absolute atomic E-state index is 0.0482. The normalized spacial score (nSPS) is 14.4. The molecule has 1 saturated carbocycles. The van der Waals surface area contributed by atoms with E-state index >= 15 is 0 Å². The second-order valence-corrected chi connectivity index (χ2v) is 12.1. The van der Waals surface area contributed by atoms with Crippen LogP contribution in [0.25, 0.3) is 0 Å². The highest BCUT2D eigenvalue weighted by molar-refractivity contribution is 7.92. The lowest BCUT2D eigenvalue weighted by molar-refractivity contribution is -0.139. The predicted octanol–water partition coefficient (Wildman–Crippen LogP) is 5.02. The van der Waals surface area contributed by atoms with Gasteiger partial charge < -0.3 is 15.0 Å². The van der Waals surface area contributed by atoms with Gasteiger partial charge in [-0.1, -0.05) is 54.8 Å². The minimum atomic E-state index is -4.12. The van der Waals surface area contributed by atoms with Gasteiger partial charge in [-0.15, -0.1) is 0 Å². The number of carbonyl (C=O) groups is 2. The molecule has 10 heteroatoms. The van der Waals surface area contributed by atoms with Gasteiger partial charge in [0.2, 0.25) is 11.8 Å². The zero-order chi connectivity index (χ0) is 28.7. The number of nitrogens with zero attached hydrogens (tertiary/aromatic N) is 2. The lowest BCUT2D eigenvalue weighted by atomic mass is 10.1. The Balaban J connectivity index is 1.68. The molecule has 0 aromatic heterocycles. The number of anilines is 1. The van der Waals surface area contributed by atoms with Gasteiger partial charge in [0.1, 0.15) is 18.3 Å². The van der Waals surface area contributed by atoms with Crippen LogP contribution in [0, 0.1) is 0 Å². The molecule has 4 rings (SSSR count).